The Labute approximate surface area is 244 Å². The molecule has 1 heterocycles. The summed E-state index contributed by atoms with van der Waals surface area (Å²) in [5.74, 6) is -1.45. The molecule has 1 fully saturated rings. The summed E-state index contributed by atoms with van der Waals surface area (Å²) in [5.41, 5.74) is 2.89. The van der Waals surface area contributed by atoms with Gasteiger partial charge in [0.15, 0.2) is 0 Å². The third-order valence-electron chi connectivity index (χ3n) is 6.15. The molecule has 0 aliphatic carbocycles. The summed E-state index contributed by atoms with van der Waals surface area (Å²) in [5, 5.41) is 11.3. The normalized spacial score (nSPS) is 14.2. The molecule has 0 radical (unpaired) electrons. The summed E-state index contributed by atoms with van der Waals surface area (Å²) >= 11 is 12.9. The number of thioether (sulfide) groups is 1. The van der Waals surface area contributed by atoms with Gasteiger partial charge in [0, 0.05) is 5.56 Å². The summed E-state index contributed by atoms with van der Waals surface area (Å²) in [7, 11) is 0. The Morgan fingerprint density at radius 3 is 2.27 bits per heavy atom. The van der Waals surface area contributed by atoms with E-state index in [0.29, 0.717) is 32.3 Å². The molecule has 4 aromatic rings. The smallest absolute Gasteiger partial charge is 0.342 e. The third kappa shape index (κ3) is 6.07. The Morgan fingerprint density at radius 2 is 1.57 bits per heavy atom. The van der Waals surface area contributed by atoms with Crippen LogP contribution in [0.15, 0.2) is 95.9 Å². The van der Waals surface area contributed by atoms with Gasteiger partial charge in [-0.3, -0.25) is 14.5 Å². The van der Waals surface area contributed by atoms with E-state index in [-0.39, 0.29) is 29.4 Å². The van der Waals surface area contributed by atoms with Crippen molar-refractivity contribution in [3.05, 3.63) is 128 Å². The van der Waals surface area contributed by atoms with Crippen LogP contribution < -0.4 is 0 Å². The summed E-state index contributed by atoms with van der Waals surface area (Å²) in [6, 6.07) is 26.2. The minimum atomic E-state index is -0.721. The van der Waals surface area contributed by atoms with E-state index in [9.17, 15) is 19.5 Å². The highest BCUT2D eigenvalue weighted by atomic mass is 35.5. The van der Waals surface area contributed by atoms with Crippen molar-refractivity contribution in [1.29, 1.82) is 0 Å². The first-order chi connectivity index (χ1) is 19.3. The summed E-state index contributed by atoms with van der Waals surface area (Å²) in [4.78, 5) is 40.3. The van der Waals surface area contributed by atoms with Gasteiger partial charge < -0.3 is 9.84 Å². The van der Waals surface area contributed by atoms with Crippen LogP contribution in [0, 0.1) is 0 Å². The lowest BCUT2D eigenvalue weighted by atomic mass is 9.97. The van der Waals surface area contributed by atoms with Crippen molar-refractivity contribution >= 4 is 58.2 Å². The van der Waals surface area contributed by atoms with E-state index in [1.54, 1.807) is 36.4 Å². The number of nitrogens with zero attached hydrogens (tertiary/aromatic N) is 1. The second-order valence-corrected chi connectivity index (χ2v) is 10.7. The summed E-state index contributed by atoms with van der Waals surface area (Å²) in [6.45, 7) is 0.0540. The largest absolute Gasteiger partial charge is 0.506 e. The standard InChI is InChI=1S/C31H21Cl2NO5S/c32-25-12-11-20(15-26(25)33)17-34-29(36)27(40-31(34)38)16-21-13-23(22-9-5-2-6-10-22)28(35)24(14-21)30(37)39-18-19-7-3-1-4-8-19/h1-16,35H,17-18H2. The molecule has 1 aliphatic rings. The number of rotatable bonds is 7. The first kappa shape index (κ1) is 27.5. The Kier molecular flexibility index (Phi) is 8.26. The number of carbonyl (C=O) groups is 3. The second kappa shape index (κ2) is 12.0. The topological polar surface area (TPSA) is 83.9 Å². The molecule has 1 aliphatic heterocycles. The minimum absolute atomic E-state index is 0.0254. The molecule has 0 unspecified atom stereocenters. The molecule has 1 N–H and O–H groups in total. The van der Waals surface area contributed by atoms with Crippen LogP contribution in [0.25, 0.3) is 17.2 Å². The lowest BCUT2D eigenvalue weighted by molar-refractivity contribution is -0.123. The molecule has 0 saturated carbocycles. The lowest BCUT2D eigenvalue weighted by Crippen LogP contribution is -2.27. The molecular formula is C31H21Cl2NO5S. The minimum Gasteiger partial charge on any atom is -0.506 e. The Balaban J connectivity index is 1.47. The maximum atomic E-state index is 13.2. The van der Waals surface area contributed by atoms with E-state index >= 15 is 0 Å². The van der Waals surface area contributed by atoms with Crippen LogP contribution in [0.3, 0.4) is 0 Å². The van der Waals surface area contributed by atoms with Crippen molar-refractivity contribution in [1.82, 2.24) is 4.90 Å². The van der Waals surface area contributed by atoms with Crippen molar-refractivity contribution in [2.45, 2.75) is 13.2 Å². The van der Waals surface area contributed by atoms with Gasteiger partial charge in [-0.1, -0.05) is 89.9 Å². The van der Waals surface area contributed by atoms with Gasteiger partial charge in [0.2, 0.25) is 0 Å². The van der Waals surface area contributed by atoms with Gasteiger partial charge >= 0.3 is 5.97 Å². The first-order valence-corrected chi connectivity index (χ1v) is 13.7. The summed E-state index contributed by atoms with van der Waals surface area (Å²) in [6.07, 6.45) is 1.53. The van der Waals surface area contributed by atoms with Crippen LogP contribution in [-0.4, -0.2) is 27.1 Å². The fourth-order valence-electron chi connectivity index (χ4n) is 4.14. The number of ether oxygens (including phenoxy) is 1. The van der Waals surface area contributed by atoms with E-state index in [2.05, 4.69) is 0 Å². The van der Waals surface area contributed by atoms with Crippen LogP contribution in [0.5, 0.6) is 5.75 Å². The number of halogens is 2. The molecule has 4 aromatic carbocycles. The van der Waals surface area contributed by atoms with Crippen molar-refractivity contribution in [2.24, 2.45) is 0 Å². The predicted octanol–water partition coefficient (Wildman–Crippen LogP) is 7.96. The quantitative estimate of drug-likeness (QED) is 0.174. The van der Waals surface area contributed by atoms with E-state index in [4.69, 9.17) is 27.9 Å². The summed E-state index contributed by atoms with van der Waals surface area (Å²) < 4.78 is 5.48. The zero-order chi connectivity index (χ0) is 28.2. The number of esters is 1. The van der Waals surface area contributed by atoms with Gasteiger partial charge in [0.25, 0.3) is 11.1 Å². The molecular weight excluding hydrogens is 569 g/mol. The van der Waals surface area contributed by atoms with Crippen molar-refractivity contribution in [3.63, 3.8) is 0 Å². The second-order valence-electron chi connectivity index (χ2n) is 8.91. The Bertz CT molecular complexity index is 1640. The highest BCUT2D eigenvalue weighted by Gasteiger charge is 2.35. The van der Waals surface area contributed by atoms with Crippen LogP contribution >= 0.6 is 35.0 Å². The number of hydrogen-bond acceptors (Lipinski definition) is 6. The fourth-order valence-corrected chi connectivity index (χ4v) is 5.30. The average molecular weight is 590 g/mol. The fraction of sp³-hybridized carbons (Fsp3) is 0.0645. The maximum Gasteiger partial charge on any atom is 0.342 e. The van der Waals surface area contributed by atoms with Crippen LogP contribution in [-0.2, 0) is 22.7 Å². The molecule has 0 aromatic heterocycles. The maximum absolute atomic E-state index is 13.2. The van der Waals surface area contributed by atoms with Gasteiger partial charge in [0.05, 0.1) is 21.5 Å². The highest BCUT2D eigenvalue weighted by molar-refractivity contribution is 8.18. The molecule has 0 spiro atoms. The number of phenols is 1. The number of carbonyl (C=O) groups excluding carboxylic acids is 3. The van der Waals surface area contributed by atoms with E-state index in [1.807, 2.05) is 48.5 Å². The van der Waals surface area contributed by atoms with E-state index < -0.39 is 17.1 Å². The molecule has 0 atom stereocenters. The van der Waals surface area contributed by atoms with Crippen LogP contribution in [0.1, 0.15) is 27.0 Å². The number of aromatic hydroxyl groups is 1. The molecule has 6 nitrogen and oxygen atoms in total. The van der Waals surface area contributed by atoms with Crippen molar-refractivity contribution in [3.8, 4) is 16.9 Å². The van der Waals surface area contributed by atoms with Gasteiger partial charge in [0.1, 0.15) is 17.9 Å². The van der Waals surface area contributed by atoms with E-state index in [0.717, 1.165) is 22.2 Å². The van der Waals surface area contributed by atoms with Crippen LogP contribution in [0.2, 0.25) is 10.0 Å². The molecule has 200 valence electrons. The number of hydrogen-bond donors (Lipinski definition) is 1. The highest BCUT2D eigenvalue weighted by Crippen LogP contribution is 2.38. The van der Waals surface area contributed by atoms with Gasteiger partial charge in [-0.15, -0.1) is 0 Å². The van der Waals surface area contributed by atoms with E-state index in [1.165, 1.54) is 12.1 Å². The van der Waals surface area contributed by atoms with Crippen LogP contribution in [0.4, 0.5) is 4.79 Å². The number of amides is 2. The van der Waals surface area contributed by atoms with Crippen molar-refractivity contribution < 1.29 is 24.2 Å². The third-order valence-corrected chi connectivity index (χ3v) is 7.79. The first-order valence-electron chi connectivity index (χ1n) is 12.1. The zero-order valence-electron chi connectivity index (χ0n) is 20.8. The van der Waals surface area contributed by atoms with Gasteiger partial charge in [-0.25, -0.2) is 4.79 Å². The number of benzene rings is 4. The SMILES string of the molecule is O=C(OCc1ccccc1)c1cc(C=C2SC(=O)N(Cc3ccc(Cl)c(Cl)c3)C2=O)cc(-c2ccccc2)c1O. The Morgan fingerprint density at radius 1 is 0.875 bits per heavy atom. The monoisotopic (exact) mass is 589 g/mol. The molecule has 40 heavy (non-hydrogen) atoms. The average Bonchev–Trinajstić information content (AvgIpc) is 3.22. The lowest BCUT2D eigenvalue weighted by Gasteiger charge is -2.13. The zero-order valence-corrected chi connectivity index (χ0v) is 23.2. The van der Waals surface area contributed by atoms with Crippen molar-refractivity contribution in [2.75, 3.05) is 0 Å². The molecule has 2 amide bonds. The predicted molar refractivity (Wildman–Crippen MR) is 157 cm³/mol. The molecule has 9 heteroatoms. The molecule has 5 rings (SSSR count). The van der Waals surface area contributed by atoms with Gasteiger partial charge in [-0.2, -0.15) is 0 Å². The number of phenolic OH excluding ortho intramolecular Hbond substituents is 1. The number of imide groups is 1. The Hall–Kier alpha value is -4.04. The molecule has 0 bridgehead atoms. The molecule has 1 saturated heterocycles. The van der Waals surface area contributed by atoms with Gasteiger partial charge in [-0.05, 0) is 64.4 Å².